The van der Waals surface area contributed by atoms with Crippen LogP contribution in [0.25, 0.3) is 0 Å². The van der Waals surface area contributed by atoms with Crippen LogP contribution in [-0.4, -0.2) is 15.6 Å². The van der Waals surface area contributed by atoms with Gasteiger partial charge in [0.2, 0.25) is 0 Å². The molecule has 0 aliphatic heterocycles. The maximum Gasteiger partial charge on any atom is 0.337 e. The summed E-state index contributed by atoms with van der Waals surface area (Å²) in [7, 11) is 0. The molecule has 0 spiro atoms. The average molecular weight is 221 g/mol. The number of rotatable bonds is 3. The molecule has 1 atom stereocenters. The van der Waals surface area contributed by atoms with E-state index in [1.807, 2.05) is 0 Å². The van der Waals surface area contributed by atoms with E-state index < -0.39 is 5.97 Å². The van der Waals surface area contributed by atoms with Crippen molar-refractivity contribution in [1.29, 1.82) is 0 Å². The lowest BCUT2D eigenvalue weighted by molar-refractivity contribution is 0.0694. The van der Waals surface area contributed by atoms with Gasteiger partial charge >= 0.3 is 5.97 Å². The summed E-state index contributed by atoms with van der Waals surface area (Å²) in [6, 6.07) is 1.13. The van der Waals surface area contributed by atoms with E-state index in [1.54, 1.807) is 26.8 Å². The van der Waals surface area contributed by atoms with Gasteiger partial charge in [-0.3, -0.25) is 4.79 Å². The second kappa shape index (κ2) is 4.35. The molecular formula is C12H15NO3. The molecule has 1 rings (SSSR count). The van der Waals surface area contributed by atoms with Crippen molar-refractivity contribution in [3.63, 3.8) is 0 Å². The standard InChI is InChI=1S/C12H15NO3/c1-5-8(3)13-9(4)11(12(15)16)7(2)6-10(13)14/h5-6,8H,1H2,2-4H3,(H,15,16). The van der Waals surface area contributed by atoms with Gasteiger partial charge in [0.15, 0.2) is 0 Å². The molecule has 86 valence electrons. The van der Waals surface area contributed by atoms with Crippen molar-refractivity contribution < 1.29 is 9.90 Å². The molecule has 16 heavy (non-hydrogen) atoms. The van der Waals surface area contributed by atoms with Gasteiger partial charge in [-0.05, 0) is 26.3 Å². The lowest BCUT2D eigenvalue weighted by Gasteiger charge is -2.17. The highest BCUT2D eigenvalue weighted by atomic mass is 16.4. The number of aryl methyl sites for hydroxylation is 1. The third kappa shape index (κ3) is 1.91. The predicted molar refractivity (Wildman–Crippen MR) is 62.0 cm³/mol. The molecule has 0 saturated heterocycles. The van der Waals surface area contributed by atoms with Crippen molar-refractivity contribution in [3.8, 4) is 0 Å². The van der Waals surface area contributed by atoms with E-state index >= 15 is 0 Å². The summed E-state index contributed by atoms with van der Waals surface area (Å²) < 4.78 is 1.43. The Kier molecular flexibility index (Phi) is 3.32. The minimum Gasteiger partial charge on any atom is -0.478 e. The van der Waals surface area contributed by atoms with Crippen LogP contribution >= 0.6 is 0 Å². The van der Waals surface area contributed by atoms with Crippen LogP contribution in [0.5, 0.6) is 0 Å². The lowest BCUT2D eigenvalue weighted by Crippen LogP contribution is -2.27. The van der Waals surface area contributed by atoms with Crippen LogP contribution < -0.4 is 5.56 Å². The monoisotopic (exact) mass is 221 g/mol. The van der Waals surface area contributed by atoms with Crippen LogP contribution in [0.4, 0.5) is 0 Å². The summed E-state index contributed by atoms with van der Waals surface area (Å²) in [6.07, 6.45) is 1.61. The van der Waals surface area contributed by atoms with Crippen molar-refractivity contribution in [3.05, 3.63) is 45.9 Å². The number of carboxylic acids is 1. The number of carbonyl (C=O) groups is 1. The highest BCUT2D eigenvalue weighted by Gasteiger charge is 2.17. The zero-order valence-corrected chi connectivity index (χ0v) is 9.65. The molecule has 1 aromatic heterocycles. The van der Waals surface area contributed by atoms with Crippen LogP contribution in [0.1, 0.15) is 34.6 Å². The number of nitrogens with zero attached hydrogens (tertiary/aromatic N) is 1. The zero-order chi connectivity index (χ0) is 12.5. The first-order chi connectivity index (χ1) is 7.40. The molecule has 1 N–H and O–H groups in total. The Hall–Kier alpha value is -1.84. The van der Waals surface area contributed by atoms with Crippen molar-refractivity contribution in [2.24, 2.45) is 0 Å². The normalized spacial score (nSPS) is 12.2. The summed E-state index contributed by atoms with van der Waals surface area (Å²) in [5.74, 6) is -1.01. The Morgan fingerprint density at radius 1 is 1.56 bits per heavy atom. The van der Waals surface area contributed by atoms with Crippen LogP contribution in [-0.2, 0) is 0 Å². The van der Waals surface area contributed by atoms with E-state index in [4.69, 9.17) is 5.11 Å². The maximum atomic E-state index is 11.8. The number of pyridine rings is 1. The Labute approximate surface area is 93.8 Å². The van der Waals surface area contributed by atoms with Gasteiger partial charge in [-0.15, -0.1) is 6.58 Å². The molecule has 0 aliphatic rings. The fourth-order valence-corrected chi connectivity index (χ4v) is 1.83. The molecule has 0 bridgehead atoms. The van der Waals surface area contributed by atoms with Gasteiger partial charge in [0.25, 0.3) is 5.56 Å². The summed E-state index contributed by atoms with van der Waals surface area (Å²) >= 11 is 0. The number of allylic oxidation sites excluding steroid dienone is 1. The summed E-state index contributed by atoms with van der Waals surface area (Å²) in [6.45, 7) is 8.67. The third-order valence-corrected chi connectivity index (χ3v) is 2.66. The Balaban J connectivity index is 3.64. The minimum atomic E-state index is -1.01. The molecule has 1 aromatic rings. The topological polar surface area (TPSA) is 59.3 Å². The van der Waals surface area contributed by atoms with E-state index in [9.17, 15) is 9.59 Å². The van der Waals surface area contributed by atoms with E-state index in [0.717, 1.165) is 0 Å². The second-order valence-corrected chi connectivity index (χ2v) is 3.78. The molecule has 0 saturated carbocycles. The van der Waals surface area contributed by atoms with Crippen LogP contribution in [0.3, 0.4) is 0 Å². The Morgan fingerprint density at radius 3 is 2.56 bits per heavy atom. The Morgan fingerprint density at radius 2 is 2.12 bits per heavy atom. The highest BCUT2D eigenvalue weighted by Crippen LogP contribution is 2.15. The molecule has 1 heterocycles. The number of hydrogen-bond donors (Lipinski definition) is 1. The predicted octanol–water partition coefficient (Wildman–Crippen LogP) is 1.91. The van der Waals surface area contributed by atoms with Crippen LogP contribution in [0.15, 0.2) is 23.5 Å². The maximum absolute atomic E-state index is 11.8. The molecule has 0 aromatic carbocycles. The lowest BCUT2D eigenvalue weighted by atomic mass is 10.1. The van der Waals surface area contributed by atoms with Crippen molar-refractivity contribution in [1.82, 2.24) is 4.57 Å². The van der Waals surface area contributed by atoms with Gasteiger partial charge in [0.1, 0.15) is 0 Å². The van der Waals surface area contributed by atoms with Gasteiger partial charge in [0, 0.05) is 11.8 Å². The number of aromatic nitrogens is 1. The molecule has 0 aliphatic carbocycles. The van der Waals surface area contributed by atoms with Gasteiger partial charge < -0.3 is 9.67 Å². The SMILES string of the molecule is C=CC(C)n1c(C)c(C(=O)O)c(C)cc1=O. The third-order valence-electron chi connectivity index (χ3n) is 2.66. The minimum absolute atomic E-state index is 0.188. The smallest absolute Gasteiger partial charge is 0.337 e. The second-order valence-electron chi connectivity index (χ2n) is 3.78. The van der Waals surface area contributed by atoms with Gasteiger partial charge in [-0.25, -0.2) is 4.79 Å². The van der Waals surface area contributed by atoms with Crippen molar-refractivity contribution >= 4 is 5.97 Å². The molecule has 0 radical (unpaired) electrons. The van der Waals surface area contributed by atoms with Crippen molar-refractivity contribution in [2.45, 2.75) is 26.8 Å². The fraction of sp³-hybridized carbons (Fsp3) is 0.333. The van der Waals surface area contributed by atoms with E-state index in [1.165, 1.54) is 10.6 Å². The summed E-state index contributed by atoms with van der Waals surface area (Å²) in [4.78, 5) is 22.8. The highest BCUT2D eigenvalue weighted by molar-refractivity contribution is 5.90. The summed E-state index contributed by atoms with van der Waals surface area (Å²) in [5.41, 5.74) is 0.938. The number of carboxylic acid groups (broad SMARTS) is 1. The van der Waals surface area contributed by atoms with E-state index in [2.05, 4.69) is 6.58 Å². The van der Waals surface area contributed by atoms with Crippen molar-refractivity contribution in [2.75, 3.05) is 0 Å². The first-order valence-electron chi connectivity index (χ1n) is 4.98. The first-order valence-corrected chi connectivity index (χ1v) is 4.98. The molecular weight excluding hydrogens is 206 g/mol. The van der Waals surface area contributed by atoms with Gasteiger partial charge in [0.05, 0.1) is 11.6 Å². The van der Waals surface area contributed by atoms with E-state index in [-0.39, 0.29) is 17.2 Å². The van der Waals surface area contributed by atoms with Gasteiger partial charge in [-0.1, -0.05) is 6.08 Å². The molecule has 4 nitrogen and oxygen atoms in total. The van der Waals surface area contributed by atoms with E-state index in [0.29, 0.717) is 11.3 Å². The molecule has 4 heteroatoms. The average Bonchev–Trinajstić information content (AvgIpc) is 2.15. The largest absolute Gasteiger partial charge is 0.478 e. The number of aromatic carboxylic acids is 1. The summed E-state index contributed by atoms with van der Waals surface area (Å²) in [5, 5.41) is 9.08. The van der Waals surface area contributed by atoms with Crippen LogP contribution in [0, 0.1) is 13.8 Å². The molecule has 1 unspecified atom stereocenters. The number of hydrogen-bond acceptors (Lipinski definition) is 2. The zero-order valence-electron chi connectivity index (χ0n) is 9.65. The van der Waals surface area contributed by atoms with Crippen LogP contribution in [0.2, 0.25) is 0 Å². The quantitative estimate of drug-likeness (QED) is 0.793. The molecule has 0 fully saturated rings. The Bertz CT molecular complexity index is 500. The fourth-order valence-electron chi connectivity index (χ4n) is 1.83. The first kappa shape index (κ1) is 12.2. The molecule has 0 amide bonds. The van der Waals surface area contributed by atoms with Gasteiger partial charge in [-0.2, -0.15) is 0 Å².